The van der Waals surface area contributed by atoms with Crippen LogP contribution >= 0.6 is 11.3 Å². The minimum Gasteiger partial charge on any atom is -0.388 e. The number of aliphatic hydroxyl groups is 1. The number of aromatic nitrogens is 1. The molecule has 2 nitrogen and oxygen atoms in total. The second kappa shape index (κ2) is 4.82. The first-order valence-corrected chi connectivity index (χ1v) is 7.31. The third kappa shape index (κ3) is 2.33. The second-order valence-electron chi connectivity index (χ2n) is 4.98. The molecule has 0 radical (unpaired) electrons. The third-order valence-electron chi connectivity index (χ3n) is 3.54. The average molecular weight is 259 g/mol. The zero-order chi connectivity index (χ0) is 12.5. The number of hydrogen-bond donors (Lipinski definition) is 1. The van der Waals surface area contributed by atoms with E-state index in [0.717, 1.165) is 22.7 Å². The fraction of sp³-hybridized carbons (Fsp3) is 0.400. The molecule has 3 rings (SSSR count). The molecule has 0 bridgehead atoms. The van der Waals surface area contributed by atoms with Crippen molar-refractivity contribution in [2.75, 3.05) is 0 Å². The van der Waals surface area contributed by atoms with Crippen LogP contribution < -0.4 is 0 Å². The Morgan fingerprint density at radius 1 is 1.33 bits per heavy atom. The van der Waals surface area contributed by atoms with Gasteiger partial charge in [-0.3, -0.25) is 0 Å². The Kier molecular flexibility index (Phi) is 3.18. The van der Waals surface area contributed by atoms with Gasteiger partial charge in [0.25, 0.3) is 0 Å². The number of benzene rings is 1. The molecule has 94 valence electrons. The molecule has 2 aromatic rings. The van der Waals surface area contributed by atoms with E-state index < -0.39 is 6.10 Å². The Bertz CT molecular complexity index is 561. The van der Waals surface area contributed by atoms with Crippen molar-refractivity contribution in [3.05, 3.63) is 51.0 Å². The van der Waals surface area contributed by atoms with Gasteiger partial charge >= 0.3 is 0 Å². The van der Waals surface area contributed by atoms with Gasteiger partial charge in [0, 0.05) is 17.5 Å². The van der Waals surface area contributed by atoms with Crippen molar-refractivity contribution >= 4 is 11.3 Å². The zero-order valence-electron chi connectivity index (χ0n) is 10.5. The van der Waals surface area contributed by atoms with E-state index in [4.69, 9.17) is 0 Å². The molecule has 0 saturated carbocycles. The monoisotopic (exact) mass is 259 g/mol. The zero-order valence-corrected chi connectivity index (χ0v) is 11.3. The van der Waals surface area contributed by atoms with Gasteiger partial charge in [-0.2, -0.15) is 0 Å². The number of aryl methyl sites for hydroxylation is 3. The van der Waals surface area contributed by atoms with E-state index in [0.29, 0.717) is 6.42 Å². The van der Waals surface area contributed by atoms with Gasteiger partial charge in [0.05, 0.1) is 11.1 Å². The first-order valence-electron chi connectivity index (χ1n) is 6.43. The molecule has 0 aliphatic heterocycles. The maximum absolute atomic E-state index is 10.3. The molecule has 1 aromatic heterocycles. The van der Waals surface area contributed by atoms with E-state index in [1.807, 2.05) is 12.3 Å². The van der Waals surface area contributed by atoms with Crippen LogP contribution in [0.2, 0.25) is 0 Å². The quantitative estimate of drug-likeness (QED) is 0.918. The third-order valence-corrected chi connectivity index (χ3v) is 4.53. The van der Waals surface area contributed by atoms with Crippen LogP contribution in [-0.4, -0.2) is 10.1 Å². The molecule has 1 N–H and O–H groups in total. The van der Waals surface area contributed by atoms with Gasteiger partial charge in [0.15, 0.2) is 0 Å². The number of nitrogens with zero attached hydrogens (tertiary/aromatic N) is 1. The van der Waals surface area contributed by atoms with E-state index >= 15 is 0 Å². The lowest BCUT2D eigenvalue weighted by atomic mass is 10.0. The summed E-state index contributed by atoms with van der Waals surface area (Å²) in [7, 11) is 0. The number of rotatable bonds is 3. The first kappa shape index (κ1) is 11.9. The molecule has 1 heterocycles. The van der Waals surface area contributed by atoms with Crippen molar-refractivity contribution in [3.8, 4) is 0 Å². The minimum absolute atomic E-state index is 0.429. The van der Waals surface area contributed by atoms with E-state index in [2.05, 4.69) is 23.2 Å². The highest BCUT2D eigenvalue weighted by Crippen LogP contribution is 2.27. The summed E-state index contributed by atoms with van der Waals surface area (Å²) in [6, 6.07) is 6.41. The molecule has 0 fully saturated rings. The molecule has 1 aliphatic carbocycles. The van der Waals surface area contributed by atoms with E-state index in [9.17, 15) is 5.11 Å². The van der Waals surface area contributed by atoms with Gasteiger partial charge in [0.2, 0.25) is 0 Å². The summed E-state index contributed by atoms with van der Waals surface area (Å²) in [6.07, 6.45) is 3.79. The second-order valence-corrected chi connectivity index (χ2v) is 5.93. The van der Waals surface area contributed by atoms with Gasteiger partial charge in [0.1, 0.15) is 0 Å². The van der Waals surface area contributed by atoms with Crippen LogP contribution in [0, 0.1) is 6.92 Å². The Labute approximate surface area is 111 Å². The average Bonchev–Trinajstić information content (AvgIpc) is 2.96. The number of hydrogen-bond acceptors (Lipinski definition) is 3. The van der Waals surface area contributed by atoms with E-state index in [1.54, 1.807) is 11.3 Å². The predicted octanol–water partition coefficient (Wildman–Crippen LogP) is 3.22. The maximum atomic E-state index is 10.3. The number of aliphatic hydroxyl groups excluding tert-OH is 1. The Hall–Kier alpha value is -1.19. The number of thiazole rings is 1. The van der Waals surface area contributed by atoms with Crippen LogP contribution in [0.25, 0.3) is 0 Å². The molecular formula is C15H17NOS. The molecule has 1 aliphatic rings. The van der Waals surface area contributed by atoms with Crippen molar-refractivity contribution in [1.29, 1.82) is 0 Å². The summed E-state index contributed by atoms with van der Waals surface area (Å²) >= 11 is 1.63. The smallest absolute Gasteiger partial charge is 0.0957 e. The van der Waals surface area contributed by atoms with Gasteiger partial charge in [-0.15, -0.1) is 11.3 Å². The molecular weight excluding hydrogens is 242 g/mol. The van der Waals surface area contributed by atoms with Crippen LogP contribution in [0.3, 0.4) is 0 Å². The molecule has 0 amide bonds. The van der Waals surface area contributed by atoms with Crippen LogP contribution in [0.5, 0.6) is 0 Å². The summed E-state index contributed by atoms with van der Waals surface area (Å²) in [5.41, 5.74) is 4.94. The lowest BCUT2D eigenvalue weighted by Crippen LogP contribution is -2.02. The Balaban J connectivity index is 1.78. The minimum atomic E-state index is -0.429. The van der Waals surface area contributed by atoms with E-state index in [1.165, 1.54) is 24.0 Å². The highest BCUT2D eigenvalue weighted by molar-refractivity contribution is 7.09. The highest BCUT2D eigenvalue weighted by Gasteiger charge is 2.15. The fourth-order valence-corrected chi connectivity index (χ4v) is 3.39. The van der Waals surface area contributed by atoms with Crippen LogP contribution in [0.15, 0.2) is 23.6 Å². The Morgan fingerprint density at radius 2 is 2.17 bits per heavy atom. The maximum Gasteiger partial charge on any atom is 0.0957 e. The summed E-state index contributed by atoms with van der Waals surface area (Å²) in [5, 5.41) is 13.3. The normalized spacial score (nSPS) is 15.7. The van der Waals surface area contributed by atoms with Gasteiger partial charge in [-0.1, -0.05) is 18.2 Å². The summed E-state index contributed by atoms with van der Waals surface area (Å²) < 4.78 is 0. The molecule has 18 heavy (non-hydrogen) atoms. The summed E-state index contributed by atoms with van der Waals surface area (Å²) in [4.78, 5) is 4.41. The highest BCUT2D eigenvalue weighted by atomic mass is 32.1. The lowest BCUT2D eigenvalue weighted by molar-refractivity contribution is 0.178. The predicted molar refractivity (Wildman–Crippen MR) is 74.0 cm³/mol. The topological polar surface area (TPSA) is 33.1 Å². The summed E-state index contributed by atoms with van der Waals surface area (Å²) in [6.45, 7) is 1.99. The molecule has 0 spiro atoms. The van der Waals surface area contributed by atoms with E-state index in [-0.39, 0.29) is 0 Å². The van der Waals surface area contributed by atoms with Crippen LogP contribution in [0.1, 0.15) is 39.9 Å². The molecule has 1 aromatic carbocycles. The number of fused-ring (bicyclic) bond motifs is 1. The van der Waals surface area contributed by atoms with Crippen LogP contribution in [-0.2, 0) is 19.3 Å². The Morgan fingerprint density at radius 3 is 2.94 bits per heavy atom. The lowest BCUT2D eigenvalue weighted by Gasteiger charge is -2.11. The van der Waals surface area contributed by atoms with Crippen molar-refractivity contribution in [1.82, 2.24) is 4.98 Å². The molecule has 1 atom stereocenters. The van der Waals surface area contributed by atoms with Gasteiger partial charge < -0.3 is 5.11 Å². The SMILES string of the molecule is Cc1csc(CC(O)c2ccc3c(c2)CCC3)n1. The van der Waals surface area contributed by atoms with Crippen molar-refractivity contribution in [2.45, 2.75) is 38.7 Å². The standard InChI is InChI=1S/C15H17NOS/c1-10-9-18-15(16-10)8-14(17)13-6-5-11-3-2-4-12(11)7-13/h5-7,9,14,17H,2-4,8H2,1H3. The van der Waals surface area contributed by atoms with Gasteiger partial charge in [-0.25, -0.2) is 4.98 Å². The summed E-state index contributed by atoms with van der Waals surface area (Å²) in [5.74, 6) is 0. The van der Waals surface area contributed by atoms with Gasteiger partial charge in [-0.05, 0) is 42.9 Å². The molecule has 0 saturated heterocycles. The van der Waals surface area contributed by atoms with Crippen LogP contribution in [0.4, 0.5) is 0 Å². The molecule has 3 heteroatoms. The first-order chi connectivity index (χ1) is 8.72. The van der Waals surface area contributed by atoms with Crippen molar-refractivity contribution in [3.63, 3.8) is 0 Å². The van der Waals surface area contributed by atoms with Crippen molar-refractivity contribution < 1.29 is 5.11 Å². The fourth-order valence-electron chi connectivity index (χ4n) is 2.58. The van der Waals surface area contributed by atoms with Crippen molar-refractivity contribution in [2.24, 2.45) is 0 Å². The largest absolute Gasteiger partial charge is 0.388 e. The molecule has 1 unspecified atom stereocenters.